The van der Waals surface area contributed by atoms with Crippen LogP contribution in [0.25, 0.3) is 0 Å². The Morgan fingerprint density at radius 3 is 2.54 bits per heavy atom. The number of amides is 2. The minimum absolute atomic E-state index is 0.131. The molecule has 1 aliphatic rings. The van der Waals surface area contributed by atoms with E-state index in [2.05, 4.69) is 5.32 Å². The molecule has 0 saturated carbocycles. The zero-order valence-corrected chi connectivity index (χ0v) is 13.5. The molecular formula is C18H18N2O4. The van der Waals surface area contributed by atoms with Crippen molar-refractivity contribution >= 4 is 23.2 Å². The summed E-state index contributed by atoms with van der Waals surface area (Å²) in [5.41, 5.74) is 1.32. The highest BCUT2D eigenvalue weighted by Gasteiger charge is 2.32. The number of carbonyl (C=O) groups is 2. The minimum Gasteiger partial charge on any atom is -0.497 e. The number of fused-ring (bicyclic) bond motifs is 1. The molecule has 0 radical (unpaired) electrons. The number of hydrogen-bond acceptors (Lipinski definition) is 4. The van der Waals surface area contributed by atoms with E-state index in [-0.39, 0.29) is 18.4 Å². The number of para-hydroxylation sites is 2. The van der Waals surface area contributed by atoms with Gasteiger partial charge in [-0.15, -0.1) is 0 Å². The monoisotopic (exact) mass is 326 g/mol. The number of methoxy groups -OCH3 is 1. The molecule has 1 N–H and O–H groups in total. The number of ether oxygens (including phenoxy) is 2. The summed E-state index contributed by atoms with van der Waals surface area (Å²) in [6, 6.07) is 14.2. The Bertz CT molecular complexity index is 758. The molecule has 0 aliphatic carbocycles. The first-order chi connectivity index (χ1) is 11.6. The summed E-state index contributed by atoms with van der Waals surface area (Å²) >= 11 is 0. The Balaban J connectivity index is 1.77. The molecule has 2 aromatic carbocycles. The van der Waals surface area contributed by atoms with E-state index in [0.29, 0.717) is 22.9 Å². The summed E-state index contributed by atoms with van der Waals surface area (Å²) in [6.45, 7) is 1.65. The molecule has 6 nitrogen and oxygen atoms in total. The lowest BCUT2D eigenvalue weighted by Gasteiger charge is -2.33. The van der Waals surface area contributed by atoms with E-state index in [0.717, 1.165) is 0 Å². The number of anilines is 2. The standard InChI is InChI=1S/C18H18N2O4/c1-12(21)20-11-17(24-16-6-4-3-5-15(16)20)18(22)19-13-7-9-14(23-2)10-8-13/h3-10,17H,11H2,1-2H3,(H,19,22). The van der Waals surface area contributed by atoms with E-state index in [1.807, 2.05) is 6.07 Å². The van der Waals surface area contributed by atoms with E-state index in [1.54, 1.807) is 54.5 Å². The molecule has 1 unspecified atom stereocenters. The van der Waals surface area contributed by atoms with Crippen molar-refractivity contribution in [2.45, 2.75) is 13.0 Å². The first-order valence-electron chi connectivity index (χ1n) is 7.57. The van der Waals surface area contributed by atoms with Gasteiger partial charge in [0.25, 0.3) is 5.91 Å². The molecule has 1 heterocycles. The van der Waals surface area contributed by atoms with Crippen LogP contribution >= 0.6 is 0 Å². The van der Waals surface area contributed by atoms with Crippen LogP contribution in [0.5, 0.6) is 11.5 Å². The normalized spacial score (nSPS) is 15.9. The number of nitrogens with one attached hydrogen (secondary N) is 1. The SMILES string of the molecule is COc1ccc(NC(=O)C2CN(C(C)=O)c3ccccc3O2)cc1. The number of hydrogen-bond donors (Lipinski definition) is 1. The molecule has 0 fully saturated rings. The van der Waals surface area contributed by atoms with Crippen LogP contribution in [0.15, 0.2) is 48.5 Å². The smallest absolute Gasteiger partial charge is 0.267 e. The van der Waals surface area contributed by atoms with Crippen molar-refractivity contribution in [3.8, 4) is 11.5 Å². The van der Waals surface area contributed by atoms with E-state index < -0.39 is 6.10 Å². The van der Waals surface area contributed by atoms with E-state index in [9.17, 15) is 9.59 Å². The Kier molecular flexibility index (Phi) is 4.37. The minimum atomic E-state index is -0.772. The average molecular weight is 326 g/mol. The first-order valence-corrected chi connectivity index (χ1v) is 7.57. The Labute approximate surface area is 140 Å². The second-order valence-electron chi connectivity index (χ2n) is 5.42. The van der Waals surface area contributed by atoms with E-state index in [4.69, 9.17) is 9.47 Å². The first kappa shape index (κ1) is 15.9. The average Bonchev–Trinajstić information content (AvgIpc) is 2.61. The van der Waals surface area contributed by atoms with Crippen LogP contribution in [-0.2, 0) is 9.59 Å². The van der Waals surface area contributed by atoms with Gasteiger partial charge in [0.1, 0.15) is 11.5 Å². The number of carbonyl (C=O) groups excluding carboxylic acids is 2. The molecule has 0 saturated heterocycles. The zero-order valence-electron chi connectivity index (χ0n) is 13.5. The fourth-order valence-electron chi connectivity index (χ4n) is 2.57. The van der Waals surface area contributed by atoms with Gasteiger partial charge in [-0.05, 0) is 36.4 Å². The summed E-state index contributed by atoms with van der Waals surface area (Å²) in [5, 5.41) is 2.80. The number of rotatable bonds is 3. The molecule has 3 rings (SSSR count). The zero-order chi connectivity index (χ0) is 17.1. The molecule has 0 spiro atoms. The lowest BCUT2D eigenvalue weighted by Crippen LogP contribution is -2.48. The summed E-state index contributed by atoms with van der Waals surface area (Å²) in [4.78, 5) is 25.9. The highest BCUT2D eigenvalue weighted by molar-refractivity contribution is 5.99. The number of benzene rings is 2. The molecule has 1 atom stereocenters. The van der Waals surface area contributed by atoms with Crippen molar-refractivity contribution in [2.24, 2.45) is 0 Å². The maximum Gasteiger partial charge on any atom is 0.267 e. The Morgan fingerprint density at radius 1 is 1.17 bits per heavy atom. The van der Waals surface area contributed by atoms with E-state index in [1.165, 1.54) is 6.92 Å². The largest absolute Gasteiger partial charge is 0.497 e. The van der Waals surface area contributed by atoms with Gasteiger partial charge in [-0.1, -0.05) is 12.1 Å². The van der Waals surface area contributed by atoms with Crippen LogP contribution in [0, 0.1) is 0 Å². The van der Waals surface area contributed by atoms with Gasteiger partial charge < -0.3 is 19.7 Å². The fourth-order valence-corrected chi connectivity index (χ4v) is 2.57. The molecule has 6 heteroatoms. The molecular weight excluding hydrogens is 308 g/mol. The predicted molar refractivity (Wildman–Crippen MR) is 90.5 cm³/mol. The van der Waals surface area contributed by atoms with Gasteiger partial charge in [-0.25, -0.2) is 0 Å². The van der Waals surface area contributed by atoms with Gasteiger partial charge in [0, 0.05) is 12.6 Å². The molecule has 24 heavy (non-hydrogen) atoms. The van der Waals surface area contributed by atoms with E-state index >= 15 is 0 Å². The Hall–Kier alpha value is -3.02. The van der Waals surface area contributed by atoms with Crippen molar-refractivity contribution in [3.63, 3.8) is 0 Å². The molecule has 0 aromatic heterocycles. The van der Waals surface area contributed by atoms with Gasteiger partial charge in [0.15, 0.2) is 6.10 Å². The lowest BCUT2D eigenvalue weighted by atomic mass is 10.1. The third kappa shape index (κ3) is 3.17. The highest BCUT2D eigenvalue weighted by atomic mass is 16.5. The van der Waals surface area contributed by atoms with Crippen LogP contribution in [0.3, 0.4) is 0 Å². The maximum atomic E-state index is 12.5. The quantitative estimate of drug-likeness (QED) is 0.941. The van der Waals surface area contributed by atoms with Crippen molar-refractivity contribution in [3.05, 3.63) is 48.5 Å². The Morgan fingerprint density at radius 2 is 1.88 bits per heavy atom. The van der Waals surface area contributed by atoms with Crippen molar-refractivity contribution in [2.75, 3.05) is 23.9 Å². The van der Waals surface area contributed by atoms with Gasteiger partial charge in [0.05, 0.1) is 19.3 Å². The topological polar surface area (TPSA) is 67.9 Å². The van der Waals surface area contributed by atoms with Gasteiger partial charge in [-0.3, -0.25) is 9.59 Å². The molecule has 2 amide bonds. The molecule has 0 bridgehead atoms. The third-order valence-corrected chi connectivity index (χ3v) is 3.80. The summed E-state index contributed by atoms with van der Waals surface area (Å²) in [6.07, 6.45) is -0.772. The highest BCUT2D eigenvalue weighted by Crippen LogP contribution is 2.33. The third-order valence-electron chi connectivity index (χ3n) is 3.80. The van der Waals surface area contributed by atoms with Crippen molar-refractivity contribution in [1.82, 2.24) is 0 Å². The molecule has 2 aromatic rings. The van der Waals surface area contributed by atoms with Crippen LogP contribution in [0.2, 0.25) is 0 Å². The fraction of sp³-hybridized carbons (Fsp3) is 0.222. The lowest BCUT2D eigenvalue weighted by molar-refractivity contribution is -0.123. The summed E-state index contributed by atoms with van der Waals surface area (Å²) in [7, 11) is 1.58. The summed E-state index contributed by atoms with van der Waals surface area (Å²) in [5.74, 6) is 0.793. The van der Waals surface area contributed by atoms with Crippen LogP contribution in [0.4, 0.5) is 11.4 Å². The van der Waals surface area contributed by atoms with Crippen molar-refractivity contribution in [1.29, 1.82) is 0 Å². The van der Waals surface area contributed by atoms with Crippen LogP contribution in [0.1, 0.15) is 6.92 Å². The second-order valence-corrected chi connectivity index (χ2v) is 5.42. The number of nitrogens with zero attached hydrogens (tertiary/aromatic N) is 1. The van der Waals surface area contributed by atoms with Gasteiger partial charge >= 0.3 is 0 Å². The molecule has 1 aliphatic heterocycles. The second kappa shape index (κ2) is 6.62. The summed E-state index contributed by atoms with van der Waals surface area (Å²) < 4.78 is 10.8. The maximum absolute atomic E-state index is 12.5. The molecule has 124 valence electrons. The van der Waals surface area contributed by atoms with Crippen LogP contribution in [-0.4, -0.2) is 31.6 Å². The van der Waals surface area contributed by atoms with Crippen LogP contribution < -0.4 is 19.7 Å². The van der Waals surface area contributed by atoms with Gasteiger partial charge in [0.2, 0.25) is 5.91 Å². The van der Waals surface area contributed by atoms with Gasteiger partial charge in [-0.2, -0.15) is 0 Å². The predicted octanol–water partition coefficient (Wildman–Crippen LogP) is 2.45. The van der Waals surface area contributed by atoms with Crippen molar-refractivity contribution < 1.29 is 19.1 Å².